The molecule has 4 heterocycles. The molecular weight excluding hydrogens is 436 g/mol. The number of aliphatic hydroxyl groups is 1. The maximum Gasteiger partial charge on any atom is 0.225 e. The second-order valence-electron chi connectivity index (χ2n) is 8.53. The highest BCUT2D eigenvalue weighted by Crippen LogP contribution is 2.24. The zero-order valence-electron chi connectivity index (χ0n) is 18.3. The normalized spacial score (nSPS) is 21.9. The van der Waals surface area contributed by atoms with Gasteiger partial charge in [0.1, 0.15) is 6.17 Å². The third-order valence-corrected chi connectivity index (χ3v) is 6.12. The Labute approximate surface area is 194 Å². The van der Waals surface area contributed by atoms with Crippen molar-refractivity contribution in [3.05, 3.63) is 42.9 Å². The van der Waals surface area contributed by atoms with E-state index in [0.29, 0.717) is 23.5 Å². The van der Waals surface area contributed by atoms with Crippen LogP contribution in [0.1, 0.15) is 25.7 Å². The van der Waals surface area contributed by atoms with Gasteiger partial charge in [0, 0.05) is 30.8 Å². The van der Waals surface area contributed by atoms with Gasteiger partial charge in [-0.3, -0.25) is 4.68 Å². The van der Waals surface area contributed by atoms with E-state index in [2.05, 4.69) is 52.0 Å². The zero-order chi connectivity index (χ0) is 22.9. The van der Waals surface area contributed by atoms with Crippen LogP contribution in [0.25, 0.3) is 28.0 Å². The van der Waals surface area contributed by atoms with Crippen LogP contribution in [0.5, 0.6) is 0 Å². The fourth-order valence-electron chi connectivity index (χ4n) is 4.29. The second-order valence-corrected chi connectivity index (χ2v) is 8.53. The summed E-state index contributed by atoms with van der Waals surface area (Å²) in [6.45, 7) is 0.733. The number of hydrogen-bond donors (Lipinski definition) is 4. The van der Waals surface area contributed by atoms with Crippen molar-refractivity contribution >= 4 is 17.1 Å². The average Bonchev–Trinajstić information content (AvgIpc) is 3.65. The number of fused-ring (bicyclic) bond motifs is 1. The first-order chi connectivity index (χ1) is 16.7. The molecule has 4 aromatic rings. The summed E-state index contributed by atoms with van der Waals surface area (Å²) in [5.74, 6) is 0.518. The minimum Gasteiger partial charge on any atom is -0.393 e. The van der Waals surface area contributed by atoms with Crippen molar-refractivity contribution in [1.29, 1.82) is 0 Å². The van der Waals surface area contributed by atoms with Gasteiger partial charge >= 0.3 is 0 Å². The van der Waals surface area contributed by atoms with E-state index in [1.54, 1.807) is 10.9 Å². The number of aryl methyl sites for hydroxylation is 1. The number of anilines is 1. The maximum atomic E-state index is 9.76. The SMILES string of the molecule is O[C@@H]1CC[C@@H](Nc2ncc3nnn(-c4ccc(-c5cnn(CCC6N=NNN6)c5)cc4)c3n2)C1. The van der Waals surface area contributed by atoms with Crippen LogP contribution in [0.3, 0.4) is 0 Å². The number of rotatable bonds is 7. The molecule has 13 nitrogen and oxygen atoms in total. The van der Waals surface area contributed by atoms with Gasteiger partial charge in [-0.15, -0.1) is 10.2 Å². The van der Waals surface area contributed by atoms with Gasteiger partial charge in [0.15, 0.2) is 11.2 Å². The van der Waals surface area contributed by atoms with Crippen LogP contribution in [0.4, 0.5) is 5.95 Å². The van der Waals surface area contributed by atoms with E-state index in [1.165, 1.54) is 0 Å². The first kappa shape index (κ1) is 20.6. The molecule has 1 aromatic carbocycles. The van der Waals surface area contributed by atoms with Crippen molar-refractivity contribution in [1.82, 2.24) is 45.7 Å². The molecule has 1 saturated carbocycles. The Morgan fingerprint density at radius 2 is 2.03 bits per heavy atom. The lowest BCUT2D eigenvalue weighted by Gasteiger charge is -2.11. The molecule has 1 aliphatic heterocycles. The van der Waals surface area contributed by atoms with Gasteiger partial charge in [0.2, 0.25) is 5.95 Å². The Morgan fingerprint density at radius 1 is 1.12 bits per heavy atom. The van der Waals surface area contributed by atoms with Crippen LogP contribution in [-0.2, 0) is 6.54 Å². The summed E-state index contributed by atoms with van der Waals surface area (Å²) in [6, 6.07) is 8.20. The quantitative estimate of drug-likeness (QED) is 0.322. The molecule has 0 saturated heterocycles. The van der Waals surface area contributed by atoms with Gasteiger partial charge < -0.3 is 10.4 Å². The lowest BCUT2D eigenvalue weighted by Crippen LogP contribution is -2.30. The molecule has 1 fully saturated rings. The largest absolute Gasteiger partial charge is 0.393 e. The van der Waals surface area contributed by atoms with Crippen molar-refractivity contribution in [3.63, 3.8) is 0 Å². The standard InChI is InChI=1S/C21H24N12O/c34-17-6-3-15(9-17)24-21-22-11-18-20(25-21)33(31-26-18)16-4-1-13(2-5-16)14-10-23-32(12-14)8-7-19-27-29-30-28-19/h1-2,4-5,10-12,15,17,19,34H,3,6-9H2,(H,27,30)(H,28,29)(H,22,24,25)/t15-,17-/m1/s1. The number of nitrogens with zero attached hydrogens (tertiary/aromatic N) is 9. The molecule has 3 aromatic heterocycles. The van der Waals surface area contributed by atoms with E-state index in [9.17, 15) is 5.11 Å². The first-order valence-electron chi connectivity index (χ1n) is 11.3. The molecule has 0 bridgehead atoms. The highest BCUT2D eigenvalue weighted by molar-refractivity contribution is 5.72. The van der Waals surface area contributed by atoms with Gasteiger partial charge in [-0.2, -0.15) is 20.2 Å². The number of aromatic nitrogens is 7. The molecule has 4 N–H and O–H groups in total. The molecule has 3 atom stereocenters. The van der Waals surface area contributed by atoms with Gasteiger partial charge in [-0.05, 0) is 37.0 Å². The van der Waals surface area contributed by atoms with E-state index in [1.807, 2.05) is 41.3 Å². The summed E-state index contributed by atoms with van der Waals surface area (Å²) >= 11 is 0. The van der Waals surface area contributed by atoms with E-state index < -0.39 is 0 Å². The Hall–Kier alpha value is -3.97. The Kier molecular flexibility index (Phi) is 5.31. The fourth-order valence-corrected chi connectivity index (χ4v) is 4.29. The van der Waals surface area contributed by atoms with Gasteiger partial charge in [-0.25, -0.2) is 10.5 Å². The van der Waals surface area contributed by atoms with Crippen LogP contribution in [-0.4, -0.2) is 58.2 Å². The predicted octanol–water partition coefficient (Wildman–Crippen LogP) is 1.59. The molecular formula is C21H24N12O. The van der Waals surface area contributed by atoms with Crippen LogP contribution >= 0.6 is 0 Å². The summed E-state index contributed by atoms with van der Waals surface area (Å²) in [6.07, 6.45) is 8.44. The van der Waals surface area contributed by atoms with Crippen molar-refractivity contribution in [3.8, 4) is 16.8 Å². The van der Waals surface area contributed by atoms with Crippen LogP contribution in [0.2, 0.25) is 0 Å². The third-order valence-electron chi connectivity index (χ3n) is 6.12. The van der Waals surface area contributed by atoms with Crippen LogP contribution in [0.15, 0.2) is 53.2 Å². The van der Waals surface area contributed by atoms with Crippen molar-refractivity contribution in [2.45, 2.75) is 50.5 Å². The van der Waals surface area contributed by atoms with Crippen molar-refractivity contribution in [2.75, 3.05) is 5.32 Å². The number of aliphatic hydroxyl groups excluding tert-OH is 1. The highest BCUT2D eigenvalue weighted by atomic mass is 16.3. The number of hydrogen-bond acceptors (Lipinski definition) is 11. The third kappa shape index (κ3) is 4.18. The molecule has 1 aliphatic carbocycles. The second kappa shape index (κ2) is 8.76. The number of benzene rings is 1. The highest BCUT2D eigenvalue weighted by Gasteiger charge is 2.23. The average molecular weight is 461 g/mol. The van der Waals surface area contributed by atoms with Gasteiger partial charge in [0.05, 0.1) is 24.2 Å². The van der Waals surface area contributed by atoms with Crippen LogP contribution < -0.4 is 16.3 Å². The number of nitrogens with one attached hydrogen (secondary N) is 3. The molecule has 0 radical (unpaired) electrons. The molecule has 13 heteroatoms. The molecule has 2 aliphatic rings. The summed E-state index contributed by atoms with van der Waals surface area (Å²) in [7, 11) is 0. The Balaban J connectivity index is 1.18. The van der Waals surface area contributed by atoms with E-state index >= 15 is 0 Å². The lowest BCUT2D eigenvalue weighted by molar-refractivity contribution is 0.182. The minimum absolute atomic E-state index is 0.0336. The Morgan fingerprint density at radius 3 is 2.82 bits per heavy atom. The maximum absolute atomic E-state index is 9.76. The van der Waals surface area contributed by atoms with E-state index in [0.717, 1.165) is 42.6 Å². The molecule has 0 amide bonds. The predicted molar refractivity (Wildman–Crippen MR) is 122 cm³/mol. The molecule has 1 unspecified atom stereocenters. The van der Waals surface area contributed by atoms with Gasteiger partial charge in [0.25, 0.3) is 0 Å². The monoisotopic (exact) mass is 460 g/mol. The van der Waals surface area contributed by atoms with Crippen LogP contribution in [0, 0.1) is 0 Å². The summed E-state index contributed by atoms with van der Waals surface area (Å²) in [5.41, 5.74) is 9.78. The zero-order valence-corrected chi connectivity index (χ0v) is 18.3. The number of hydrazine groups is 1. The summed E-state index contributed by atoms with van der Waals surface area (Å²) in [5, 5.41) is 33.7. The smallest absolute Gasteiger partial charge is 0.225 e. The molecule has 174 valence electrons. The topological polar surface area (TPSA) is 155 Å². The van der Waals surface area contributed by atoms with Crippen molar-refractivity contribution in [2.24, 2.45) is 10.3 Å². The van der Waals surface area contributed by atoms with E-state index in [-0.39, 0.29) is 18.3 Å². The molecule has 6 rings (SSSR count). The summed E-state index contributed by atoms with van der Waals surface area (Å²) < 4.78 is 3.61. The first-order valence-corrected chi connectivity index (χ1v) is 11.3. The lowest BCUT2D eigenvalue weighted by atomic mass is 10.1. The molecule has 34 heavy (non-hydrogen) atoms. The minimum atomic E-state index is -0.257. The summed E-state index contributed by atoms with van der Waals surface area (Å²) in [4.78, 5) is 8.99. The Bertz CT molecular complexity index is 1310. The molecule has 0 spiro atoms. The van der Waals surface area contributed by atoms with Crippen molar-refractivity contribution < 1.29 is 5.11 Å². The van der Waals surface area contributed by atoms with Gasteiger partial charge in [-0.1, -0.05) is 22.6 Å². The fraction of sp³-hybridized carbons (Fsp3) is 0.381. The van der Waals surface area contributed by atoms with E-state index in [4.69, 9.17) is 0 Å².